The molecule has 3 aromatic rings. The summed E-state index contributed by atoms with van der Waals surface area (Å²) < 4.78 is 0. The zero-order chi connectivity index (χ0) is 22.1. The van der Waals surface area contributed by atoms with Gasteiger partial charge < -0.3 is 10.2 Å². The predicted molar refractivity (Wildman–Crippen MR) is 126 cm³/mol. The number of rotatable bonds is 8. The molecule has 0 bridgehead atoms. The Morgan fingerprint density at radius 1 is 0.806 bits per heavy atom. The highest BCUT2D eigenvalue weighted by molar-refractivity contribution is 6.04. The van der Waals surface area contributed by atoms with Crippen LogP contribution in [0.15, 0.2) is 84.0 Å². The number of hydrazone groups is 1. The van der Waals surface area contributed by atoms with E-state index in [1.807, 2.05) is 42.5 Å². The van der Waals surface area contributed by atoms with Crippen LogP contribution in [0, 0.1) is 0 Å². The van der Waals surface area contributed by atoms with Gasteiger partial charge in [-0.1, -0.05) is 30.3 Å². The van der Waals surface area contributed by atoms with E-state index in [1.165, 1.54) is 0 Å². The van der Waals surface area contributed by atoms with Crippen molar-refractivity contribution >= 4 is 29.4 Å². The van der Waals surface area contributed by atoms with E-state index >= 15 is 0 Å². The molecule has 6 nitrogen and oxygen atoms in total. The quantitative estimate of drug-likeness (QED) is 0.420. The number of nitrogens with one attached hydrogen (secondary N) is 2. The van der Waals surface area contributed by atoms with Crippen LogP contribution in [0.25, 0.3) is 0 Å². The van der Waals surface area contributed by atoms with Crippen molar-refractivity contribution in [3.8, 4) is 0 Å². The molecule has 0 fully saturated rings. The zero-order valence-corrected chi connectivity index (χ0v) is 17.7. The molecule has 158 valence electrons. The van der Waals surface area contributed by atoms with E-state index in [9.17, 15) is 9.59 Å². The summed E-state index contributed by atoms with van der Waals surface area (Å²) in [6.07, 6.45) is 1.61. The lowest BCUT2D eigenvalue weighted by atomic mass is 10.1. The van der Waals surface area contributed by atoms with Crippen molar-refractivity contribution in [3.63, 3.8) is 0 Å². The fraction of sp³-hybridized carbons (Fsp3) is 0.160. The van der Waals surface area contributed by atoms with Crippen molar-refractivity contribution < 1.29 is 9.59 Å². The summed E-state index contributed by atoms with van der Waals surface area (Å²) >= 11 is 0. The van der Waals surface area contributed by atoms with Gasteiger partial charge in [-0.25, -0.2) is 5.43 Å². The van der Waals surface area contributed by atoms with Crippen LogP contribution < -0.4 is 15.6 Å². The molecule has 0 unspecified atom stereocenters. The Labute approximate surface area is 182 Å². The summed E-state index contributed by atoms with van der Waals surface area (Å²) in [5, 5.41) is 6.84. The first kappa shape index (κ1) is 21.8. The summed E-state index contributed by atoms with van der Waals surface area (Å²) in [7, 11) is 0. The second kappa shape index (κ2) is 10.7. The number of hydrogen-bond donors (Lipinski definition) is 2. The molecule has 0 aliphatic carbocycles. The van der Waals surface area contributed by atoms with Crippen LogP contribution in [0.1, 0.15) is 40.1 Å². The Balaban J connectivity index is 1.54. The lowest BCUT2D eigenvalue weighted by molar-refractivity contribution is 0.0954. The van der Waals surface area contributed by atoms with Gasteiger partial charge in [0.05, 0.1) is 6.21 Å². The fourth-order valence-electron chi connectivity index (χ4n) is 3.09. The normalized spacial score (nSPS) is 10.6. The number of hydrogen-bond acceptors (Lipinski definition) is 4. The number of amides is 2. The molecule has 3 aromatic carbocycles. The molecule has 0 atom stereocenters. The molecule has 0 radical (unpaired) electrons. The van der Waals surface area contributed by atoms with Crippen molar-refractivity contribution in [2.45, 2.75) is 13.8 Å². The maximum atomic E-state index is 12.3. The summed E-state index contributed by atoms with van der Waals surface area (Å²) in [6, 6.07) is 23.6. The smallest absolute Gasteiger partial charge is 0.271 e. The van der Waals surface area contributed by atoms with E-state index in [4.69, 9.17) is 0 Å². The van der Waals surface area contributed by atoms with Crippen LogP contribution in [0.3, 0.4) is 0 Å². The standard InChI is InChI=1S/C25H26N4O2/c1-3-29(4-2)23-16-10-19(11-17-23)18-26-28-25(31)21-12-14-22(15-13-21)27-24(30)20-8-6-5-7-9-20/h5-18H,3-4H2,1-2H3,(H,27,30)(H,28,31). The highest BCUT2D eigenvalue weighted by Crippen LogP contribution is 2.14. The van der Waals surface area contributed by atoms with Crippen molar-refractivity contribution in [2.75, 3.05) is 23.3 Å². The number of nitrogens with zero attached hydrogens (tertiary/aromatic N) is 2. The monoisotopic (exact) mass is 414 g/mol. The molecule has 2 N–H and O–H groups in total. The van der Waals surface area contributed by atoms with E-state index in [0.29, 0.717) is 16.8 Å². The maximum absolute atomic E-state index is 12.3. The molecular formula is C25H26N4O2. The van der Waals surface area contributed by atoms with Crippen molar-refractivity contribution in [1.29, 1.82) is 0 Å². The van der Waals surface area contributed by atoms with Crippen LogP contribution in [-0.4, -0.2) is 31.1 Å². The average Bonchev–Trinajstić information content (AvgIpc) is 2.82. The van der Waals surface area contributed by atoms with Gasteiger partial charge in [-0.2, -0.15) is 5.10 Å². The topological polar surface area (TPSA) is 73.8 Å². The van der Waals surface area contributed by atoms with E-state index in [0.717, 1.165) is 24.3 Å². The van der Waals surface area contributed by atoms with Crippen molar-refractivity contribution in [1.82, 2.24) is 5.43 Å². The summed E-state index contributed by atoms with van der Waals surface area (Å²) in [4.78, 5) is 26.7. The van der Waals surface area contributed by atoms with Crippen molar-refractivity contribution in [3.05, 3.63) is 95.6 Å². The molecule has 6 heteroatoms. The lowest BCUT2D eigenvalue weighted by Crippen LogP contribution is -2.21. The first-order chi connectivity index (χ1) is 15.1. The van der Waals surface area contributed by atoms with E-state index in [-0.39, 0.29) is 11.8 Å². The van der Waals surface area contributed by atoms with Gasteiger partial charge in [-0.05, 0) is 67.9 Å². The minimum atomic E-state index is -0.322. The Kier molecular flexibility index (Phi) is 7.54. The highest BCUT2D eigenvalue weighted by Gasteiger charge is 2.07. The molecule has 2 amide bonds. The van der Waals surface area contributed by atoms with Crippen LogP contribution in [0.2, 0.25) is 0 Å². The molecule has 0 aromatic heterocycles. The largest absolute Gasteiger partial charge is 0.372 e. The number of carbonyl (C=O) groups is 2. The highest BCUT2D eigenvalue weighted by atomic mass is 16.2. The first-order valence-electron chi connectivity index (χ1n) is 10.3. The minimum Gasteiger partial charge on any atom is -0.372 e. The summed E-state index contributed by atoms with van der Waals surface area (Å²) in [5.74, 6) is -0.522. The lowest BCUT2D eigenvalue weighted by Gasteiger charge is -2.20. The Hall–Kier alpha value is -3.93. The average molecular weight is 415 g/mol. The van der Waals surface area contributed by atoms with E-state index < -0.39 is 0 Å². The van der Waals surface area contributed by atoms with Gasteiger partial charge in [-0.3, -0.25) is 9.59 Å². The molecule has 31 heavy (non-hydrogen) atoms. The molecule has 0 spiro atoms. The second-order valence-corrected chi connectivity index (χ2v) is 6.86. The number of benzene rings is 3. The molecule has 0 heterocycles. The second-order valence-electron chi connectivity index (χ2n) is 6.86. The third-order valence-corrected chi connectivity index (χ3v) is 4.84. The van der Waals surface area contributed by atoms with Crippen LogP contribution in [0.5, 0.6) is 0 Å². The molecule has 0 aliphatic rings. The Morgan fingerprint density at radius 3 is 2.03 bits per heavy atom. The van der Waals surface area contributed by atoms with Gasteiger partial charge in [0, 0.05) is 35.6 Å². The van der Waals surface area contributed by atoms with Crippen LogP contribution >= 0.6 is 0 Å². The van der Waals surface area contributed by atoms with Crippen molar-refractivity contribution in [2.24, 2.45) is 5.10 Å². The zero-order valence-electron chi connectivity index (χ0n) is 17.7. The third-order valence-electron chi connectivity index (χ3n) is 4.84. The molecule has 0 aliphatic heterocycles. The number of carbonyl (C=O) groups excluding carboxylic acids is 2. The van der Waals surface area contributed by atoms with Gasteiger partial charge in [0.25, 0.3) is 11.8 Å². The molecule has 0 saturated heterocycles. The van der Waals surface area contributed by atoms with E-state index in [2.05, 4.69) is 34.6 Å². The van der Waals surface area contributed by atoms with Gasteiger partial charge in [-0.15, -0.1) is 0 Å². The predicted octanol–water partition coefficient (Wildman–Crippen LogP) is 4.55. The fourth-order valence-corrected chi connectivity index (χ4v) is 3.09. The Morgan fingerprint density at radius 2 is 1.42 bits per heavy atom. The third kappa shape index (κ3) is 6.02. The minimum absolute atomic E-state index is 0.200. The summed E-state index contributed by atoms with van der Waals surface area (Å²) in [5.41, 5.74) is 6.22. The van der Waals surface area contributed by atoms with Crippen LogP contribution in [-0.2, 0) is 0 Å². The SMILES string of the molecule is CCN(CC)c1ccc(C=NNC(=O)c2ccc(NC(=O)c3ccccc3)cc2)cc1. The summed E-state index contributed by atoms with van der Waals surface area (Å²) in [6.45, 7) is 6.15. The van der Waals surface area contributed by atoms with Gasteiger partial charge in [0.2, 0.25) is 0 Å². The van der Waals surface area contributed by atoms with Gasteiger partial charge in [0.15, 0.2) is 0 Å². The molecular weight excluding hydrogens is 388 g/mol. The Bertz CT molecular complexity index is 1030. The van der Waals surface area contributed by atoms with Crippen LogP contribution in [0.4, 0.5) is 11.4 Å². The van der Waals surface area contributed by atoms with Gasteiger partial charge >= 0.3 is 0 Å². The van der Waals surface area contributed by atoms with Gasteiger partial charge in [0.1, 0.15) is 0 Å². The molecule has 3 rings (SSSR count). The maximum Gasteiger partial charge on any atom is 0.271 e. The number of anilines is 2. The van der Waals surface area contributed by atoms with E-state index in [1.54, 1.807) is 42.6 Å². The molecule has 0 saturated carbocycles. The first-order valence-corrected chi connectivity index (χ1v) is 10.3.